The minimum Gasteiger partial charge on any atom is -0.382 e. The fourth-order valence-corrected chi connectivity index (χ4v) is 3.66. The Kier molecular flexibility index (Phi) is 5.05. The summed E-state index contributed by atoms with van der Waals surface area (Å²) in [5, 5.41) is 3.46. The van der Waals surface area contributed by atoms with Crippen molar-refractivity contribution in [3.63, 3.8) is 0 Å². The molecule has 1 saturated carbocycles. The van der Waals surface area contributed by atoms with E-state index in [1.165, 1.54) is 39.2 Å². The van der Waals surface area contributed by atoms with E-state index in [9.17, 15) is 8.42 Å². The summed E-state index contributed by atoms with van der Waals surface area (Å²) in [7, 11) is -1.94. The van der Waals surface area contributed by atoms with E-state index in [1.807, 2.05) is 6.07 Å². The monoisotopic (exact) mass is 296 g/mol. The molecule has 1 fully saturated rings. The van der Waals surface area contributed by atoms with Crippen LogP contribution in [0.3, 0.4) is 0 Å². The Bertz CT molecular complexity index is 537. The molecule has 5 heteroatoms. The lowest BCUT2D eigenvalue weighted by Crippen LogP contribution is -2.27. The molecular formula is C15H24N2O2S. The van der Waals surface area contributed by atoms with Crippen LogP contribution in [0.2, 0.25) is 0 Å². The molecule has 4 nitrogen and oxygen atoms in total. The Morgan fingerprint density at radius 2 is 1.90 bits per heavy atom. The summed E-state index contributed by atoms with van der Waals surface area (Å²) in [6.07, 6.45) is 6.50. The average molecular weight is 296 g/mol. The van der Waals surface area contributed by atoms with Gasteiger partial charge in [0.1, 0.15) is 0 Å². The van der Waals surface area contributed by atoms with Crippen LogP contribution >= 0.6 is 0 Å². The highest BCUT2D eigenvalue weighted by Gasteiger charge is 2.20. The van der Waals surface area contributed by atoms with Gasteiger partial charge in [0.2, 0.25) is 10.0 Å². The predicted molar refractivity (Wildman–Crippen MR) is 82.3 cm³/mol. The van der Waals surface area contributed by atoms with Crippen LogP contribution in [0.25, 0.3) is 0 Å². The second kappa shape index (κ2) is 6.59. The second-order valence-corrected chi connectivity index (χ2v) is 7.45. The fraction of sp³-hybridized carbons (Fsp3) is 0.600. The average Bonchev–Trinajstić information content (AvgIpc) is 2.48. The van der Waals surface area contributed by atoms with Crippen LogP contribution in [0.5, 0.6) is 0 Å². The highest BCUT2D eigenvalue weighted by Crippen LogP contribution is 2.28. The van der Waals surface area contributed by atoms with Crippen molar-refractivity contribution in [2.45, 2.75) is 50.0 Å². The van der Waals surface area contributed by atoms with Gasteiger partial charge >= 0.3 is 0 Å². The van der Waals surface area contributed by atoms with E-state index in [4.69, 9.17) is 0 Å². The Balaban J connectivity index is 2.07. The van der Waals surface area contributed by atoms with Gasteiger partial charge in [-0.15, -0.1) is 0 Å². The van der Waals surface area contributed by atoms with Gasteiger partial charge in [0.15, 0.2) is 0 Å². The van der Waals surface area contributed by atoms with Crippen molar-refractivity contribution >= 4 is 15.7 Å². The van der Waals surface area contributed by atoms with Crippen LogP contribution < -0.4 is 10.0 Å². The minimum atomic E-state index is -3.37. The number of hydrogen-bond donors (Lipinski definition) is 2. The van der Waals surface area contributed by atoms with E-state index < -0.39 is 10.0 Å². The zero-order valence-corrected chi connectivity index (χ0v) is 13.0. The van der Waals surface area contributed by atoms with Gasteiger partial charge < -0.3 is 5.32 Å². The van der Waals surface area contributed by atoms with Gasteiger partial charge in [0, 0.05) is 11.7 Å². The fourth-order valence-electron chi connectivity index (χ4n) is 2.89. The van der Waals surface area contributed by atoms with Crippen LogP contribution in [0, 0.1) is 5.92 Å². The van der Waals surface area contributed by atoms with Gasteiger partial charge in [-0.05, 0) is 50.9 Å². The molecule has 0 bridgehead atoms. The summed E-state index contributed by atoms with van der Waals surface area (Å²) in [5.74, 6) is 0.688. The largest absolute Gasteiger partial charge is 0.382 e. The van der Waals surface area contributed by atoms with E-state index in [1.54, 1.807) is 18.2 Å². The van der Waals surface area contributed by atoms with Crippen LogP contribution in [-0.4, -0.2) is 21.5 Å². The van der Waals surface area contributed by atoms with E-state index >= 15 is 0 Å². The van der Waals surface area contributed by atoms with Crippen molar-refractivity contribution in [1.29, 1.82) is 0 Å². The molecule has 0 spiro atoms. The Hall–Kier alpha value is -1.07. The number of benzene rings is 1. The van der Waals surface area contributed by atoms with Gasteiger partial charge in [-0.2, -0.15) is 0 Å². The maximum atomic E-state index is 11.8. The summed E-state index contributed by atoms with van der Waals surface area (Å²) in [5.41, 5.74) is 0.874. The highest BCUT2D eigenvalue weighted by molar-refractivity contribution is 7.89. The molecular weight excluding hydrogens is 272 g/mol. The molecule has 20 heavy (non-hydrogen) atoms. The smallest absolute Gasteiger partial charge is 0.240 e. The first-order chi connectivity index (χ1) is 9.53. The zero-order valence-electron chi connectivity index (χ0n) is 12.2. The summed E-state index contributed by atoms with van der Waals surface area (Å²) >= 11 is 0. The quantitative estimate of drug-likeness (QED) is 0.878. The van der Waals surface area contributed by atoms with Crippen molar-refractivity contribution < 1.29 is 8.42 Å². The van der Waals surface area contributed by atoms with Crippen molar-refractivity contribution in [3.05, 3.63) is 24.3 Å². The molecule has 112 valence electrons. The van der Waals surface area contributed by atoms with Gasteiger partial charge in [0.25, 0.3) is 0 Å². The highest BCUT2D eigenvalue weighted by atomic mass is 32.2. The van der Waals surface area contributed by atoms with Crippen LogP contribution in [0.1, 0.15) is 39.0 Å². The lowest BCUT2D eigenvalue weighted by atomic mass is 9.84. The first kappa shape index (κ1) is 15.3. The number of sulfonamides is 1. The zero-order chi connectivity index (χ0) is 14.6. The third-order valence-corrected chi connectivity index (χ3v) is 5.58. The molecule has 1 aromatic rings. The third kappa shape index (κ3) is 3.73. The molecule has 1 atom stereocenters. The second-order valence-electron chi connectivity index (χ2n) is 5.57. The first-order valence-corrected chi connectivity index (χ1v) is 8.81. The summed E-state index contributed by atoms with van der Waals surface area (Å²) in [6.45, 7) is 2.19. The lowest BCUT2D eigenvalue weighted by molar-refractivity contribution is 0.328. The van der Waals surface area contributed by atoms with Gasteiger partial charge in [0.05, 0.1) is 4.90 Å². The Labute approximate surface area is 122 Å². The Morgan fingerprint density at radius 3 is 2.55 bits per heavy atom. The van der Waals surface area contributed by atoms with Gasteiger partial charge in [-0.1, -0.05) is 25.3 Å². The van der Waals surface area contributed by atoms with E-state index in [0.29, 0.717) is 16.9 Å². The Morgan fingerprint density at radius 1 is 1.20 bits per heavy atom. The lowest BCUT2D eigenvalue weighted by Gasteiger charge is -2.29. The summed E-state index contributed by atoms with van der Waals surface area (Å²) in [4.78, 5) is 0.306. The molecule has 0 heterocycles. The predicted octanol–water partition coefficient (Wildman–Crippen LogP) is 2.98. The maximum Gasteiger partial charge on any atom is 0.240 e. The SMILES string of the molecule is CNS(=O)(=O)c1cccc(NC(C)C2CCCCC2)c1. The molecule has 1 aliphatic rings. The maximum absolute atomic E-state index is 11.8. The summed E-state index contributed by atoms with van der Waals surface area (Å²) in [6, 6.07) is 7.39. The summed E-state index contributed by atoms with van der Waals surface area (Å²) < 4.78 is 25.9. The third-order valence-electron chi connectivity index (χ3n) is 4.16. The number of hydrogen-bond acceptors (Lipinski definition) is 3. The molecule has 2 N–H and O–H groups in total. The van der Waals surface area contributed by atoms with E-state index in [2.05, 4.69) is 17.0 Å². The normalized spacial score (nSPS) is 18.7. The molecule has 0 radical (unpaired) electrons. The van der Waals surface area contributed by atoms with E-state index in [-0.39, 0.29) is 0 Å². The molecule has 0 amide bonds. The van der Waals surface area contributed by atoms with Crippen LogP contribution in [-0.2, 0) is 10.0 Å². The van der Waals surface area contributed by atoms with E-state index in [0.717, 1.165) is 5.69 Å². The van der Waals surface area contributed by atoms with Crippen molar-refractivity contribution in [1.82, 2.24) is 4.72 Å². The van der Waals surface area contributed by atoms with Gasteiger partial charge in [-0.3, -0.25) is 0 Å². The molecule has 1 aromatic carbocycles. The first-order valence-electron chi connectivity index (χ1n) is 7.33. The number of nitrogens with one attached hydrogen (secondary N) is 2. The number of rotatable bonds is 5. The molecule has 1 unspecified atom stereocenters. The molecule has 0 saturated heterocycles. The van der Waals surface area contributed by atoms with Crippen LogP contribution in [0.4, 0.5) is 5.69 Å². The molecule has 0 aromatic heterocycles. The molecule has 2 rings (SSSR count). The minimum absolute atomic E-state index is 0.306. The van der Waals surface area contributed by atoms with Gasteiger partial charge in [-0.25, -0.2) is 13.1 Å². The van der Waals surface area contributed by atoms with Crippen LogP contribution in [0.15, 0.2) is 29.2 Å². The molecule has 0 aliphatic heterocycles. The standard InChI is InChI=1S/C15H24N2O2S/c1-12(13-7-4-3-5-8-13)17-14-9-6-10-15(11-14)20(18,19)16-2/h6,9-13,16-17H,3-5,7-8H2,1-2H3. The van der Waals surface area contributed by atoms with Crippen molar-refractivity contribution in [2.24, 2.45) is 5.92 Å². The van der Waals surface area contributed by atoms with Crippen molar-refractivity contribution in [3.8, 4) is 0 Å². The number of anilines is 1. The molecule has 1 aliphatic carbocycles. The van der Waals surface area contributed by atoms with Crippen molar-refractivity contribution in [2.75, 3.05) is 12.4 Å². The topological polar surface area (TPSA) is 58.2 Å².